The Morgan fingerprint density at radius 2 is 1.88 bits per heavy atom. The maximum atomic E-state index is 16.6. The van der Waals surface area contributed by atoms with E-state index in [4.69, 9.17) is 15.3 Å². The van der Waals surface area contributed by atoms with E-state index in [1.807, 2.05) is 13.0 Å². The van der Waals surface area contributed by atoms with E-state index in [1.54, 1.807) is 36.1 Å². The third-order valence-electron chi connectivity index (χ3n) is 8.87. The number of carbonyl (C=O) groups excluding carboxylic acids is 2. The molecule has 0 aliphatic carbocycles. The summed E-state index contributed by atoms with van der Waals surface area (Å²) >= 11 is 0. The third-order valence-corrected chi connectivity index (χ3v) is 8.87. The zero-order valence-corrected chi connectivity index (χ0v) is 23.6. The molecule has 5 atom stereocenters. The number of rotatable bonds is 6. The van der Waals surface area contributed by atoms with Crippen molar-refractivity contribution in [3.05, 3.63) is 99.0 Å². The third kappa shape index (κ3) is 4.78. The van der Waals surface area contributed by atoms with E-state index < -0.39 is 58.3 Å². The Labute approximate surface area is 245 Å². The van der Waals surface area contributed by atoms with E-state index in [2.05, 4.69) is 0 Å². The van der Waals surface area contributed by atoms with Gasteiger partial charge >= 0.3 is 0 Å². The Morgan fingerprint density at radius 1 is 1.14 bits per heavy atom. The number of alkyl halides is 1. The molecule has 2 fully saturated rings. The number of halogens is 3. The number of hydrogen-bond donors (Lipinski definition) is 1. The molecule has 2 unspecified atom stereocenters. The first-order valence-corrected chi connectivity index (χ1v) is 14.1. The van der Waals surface area contributed by atoms with Crippen molar-refractivity contribution in [3.8, 4) is 5.75 Å². The molecular formula is C31H31F3N4O5. The Morgan fingerprint density at radius 3 is 2.58 bits per heavy atom. The van der Waals surface area contributed by atoms with Crippen LogP contribution in [0.15, 0.2) is 59.5 Å². The second-order valence-corrected chi connectivity index (χ2v) is 11.5. The maximum Gasteiger partial charge on any atom is 0.274 e. The van der Waals surface area contributed by atoms with E-state index in [-0.39, 0.29) is 49.2 Å². The summed E-state index contributed by atoms with van der Waals surface area (Å²) < 4.78 is 52.1. The Bertz CT molecular complexity index is 1650. The first-order valence-electron chi connectivity index (χ1n) is 14.1. The summed E-state index contributed by atoms with van der Waals surface area (Å²) in [6.45, 7) is 3.24. The highest BCUT2D eigenvalue weighted by Crippen LogP contribution is 2.50. The van der Waals surface area contributed by atoms with Crippen LogP contribution in [-0.4, -0.2) is 56.7 Å². The number of pyridine rings is 1. The lowest BCUT2D eigenvalue weighted by molar-refractivity contribution is -0.230. The lowest BCUT2D eigenvalue weighted by Crippen LogP contribution is -2.55. The van der Waals surface area contributed by atoms with Gasteiger partial charge < -0.3 is 19.9 Å². The van der Waals surface area contributed by atoms with Gasteiger partial charge in [0, 0.05) is 30.4 Å². The van der Waals surface area contributed by atoms with Crippen LogP contribution in [0.4, 0.5) is 13.2 Å². The highest BCUT2D eigenvalue weighted by molar-refractivity contribution is 5.99. The van der Waals surface area contributed by atoms with Crippen LogP contribution in [-0.2, 0) is 18.0 Å². The van der Waals surface area contributed by atoms with Crippen LogP contribution in [0.3, 0.4) is 0 Å². The van der Waals surface area contributed by atoms with E-state index >= 15 is 4.39 Å². The molecule has 0 radical (unpaired) electrons. The number of nitrogens with two attached hydrogens (primary N) is 1. The molecular weight excluding hydrogens is 565 g/mol. The van der Waals surface area contributed by atoms with Gasteiger partial charge in [0.1, 0.15) is 29.4 Å². The summed E-state index contributed by atoms with van der Waals surface area (Å²) in [7, 11) is 0. The van der Waals surface area contributed by atoms with Crippen LogP contribution in [0.25, 0.3) is 0 Å². The monoisotopic (exact) mass is 596 g/mol. The number of fused-ring (bicyclic) bond motifs is 5. The van der Waals surface area contributed by atoms with Crippen molar-refractivity contribution in [1.82, 2.24) is 14.5 Å². The van der Waals surface area contributed by atoms with E-state index in [1.165, 1.54) is 21.9 Å². The minimum absolute atomic E-state index is 0.0259. The van der Waals surface area contributed by atoms with Gasteiger partial charge in [-0.1, -0.05) is 36.4 Å². The molecule has 1 spiro atoms. The first-order chi connectivity index (χ1) is 20.5. The largest absolute Gasteiger partial charge is 0.483 e. The molecule has 9 nitrogen and oxygen atoms in total. The van der Waals surface area contributed by atoms with Crippen LogP contribution in [0, 0.1) is 11.6 Å². The van der Waals surface area contributed by atoms with Crippen LogP contribution in [0.5, 0.6) is 5.75 Å². The molecule has 3 aliphatic heterocycles. The first kappa shape index (κ1) is 28.9. The van der Waals surface area contributed by atoms with Gasteiger partial charge in [0.15, 0.2) is 17.6 Å². The Kier molecular flexibility index (Phi) is 7.29. The van der Waals surface area contributed by atoms with Gasteiger partial charge in [-0.25, -0.2) is 13.2 Å². The zero-order valence-electron chi connectivity index (χ0n) is 23.6. The van der Waals surface area contributed by atoms with Crippen molar-refractivity contribution < 1.29 is 32.3 Å². The van der Waals surface area contributed by atoms with Crippen LogP contribution < -0.4 is 15.9 Å². The highest BCUT2D eigenvalue weighted by atomic mass is 19.1. The summed E-state index contributed by atoms with van der Waals surface area (Å²) in [4.78, 5) is 47.8. The lowest BCUT2D eigenvalue weighted by atomic mass is 9.82. The van der Waals surface area contributed by atoms with Gasteiger partial charge in [0.25, 0.3) is 11.8 Å². The van der Waals surface area contributed by atoms with E-state index in [0.29, 0.717) is 6.42 Å². The van der Waals surface area contributed by atoms with Gasteiger partial charge in [-0.05, 0) is 38.3 Å². The molecule has 0 saturated carbocycles. The normalized spacial score (nSPS) is 26.8. The molecule has 2 saturated heterocycles. The van der Waals surface area contributed by atoms with Crippen LogP contribution >= 0.6 is 0 Å². The number of amides is 2. The van der Waals surface area contributed by atoms with Gasteiger partial charge in [-0.2, -0.15) is 5.06 Å². The Hall–Kier alpha value is -4.16. The summed E-state index contributed by atoms with van der Waals surface area (Å²) in [5.41, 5.74) is 3.50. The predicted octanol–water partition coefficient (Wildman–Crippen LogP) is 3.90. The number of aromatic nitrogens is 1. The fraction of sp³-hybridized carbons (Fsp3) is 0.387. The topological polar surface area (TPSA) is 107 Å². The van der Waals surface area contributed by atoms with Crippen molar-refractivity contribution in [2.45, 2.75) is 69.7 Å². The predicted molar refractivity (Wildman–Crippen MR) is 149 cm³/mol. The molecule has 6 rings (SSSR count). The van der Waals surface area contributed by atoms with Crippen LogP contribution in [0.1, 0.15) is 64.7 Å². The van der Waals surface area contributed by atoms with Gasteiger partial charge in [-0.3, -0.25) is 19.2 Å². The molecule has 4 heterocycles. The summed E-state index contributed by atoms with van der Waals surface area (Å²) in [6, 6.07) is 10.0. The summed E-state index contributed by atoms with van der Waals surface area (Å²) in [5.74, 6) is -3.39. The summed E-state index contributed by atoms with van der Waals surface area (Å²) in [6.07, 6.45) is 0.111. The fourth-order valence-corrected chi connectivity index (χ4v) is 6.45. The number of benzene rings is 2. The quantitative estimate of drug-likeness (QED) is 0.463. The van der Waals surface area contributed by atoms with Crippen molar-refractivity contribution in [3.63, 3.8) is 0 Å². The standard InChI is InChI=1S/C31H31F3N4O5/c1-17-10-11-31(28(34)18(2)38(43-31)13-20-8-9-21(32)12-23(20)33)24-15-36(17)30(41)25-27(42-16-19-6-4-3-5-7-19)26(39)22(29(35)40)14-37(24)25/h3-9,12,14,17-18,24,28H,10-11,13,15-16H2,1-2H3,(H2,35,40)/t17-,18?,24+,28?,31-/m0/s1. The lowest BCUT2D eigenvalue weighted by Gasteiger charge is -2.43. The maximum absolute atomic E-state index is 16.6. The number of hydroxylamine groups is 2. The van der Waals surface area contributed by atoms with Crippen molar-refractivity contribution >= 4 is 11.8 Å². The molecule has 2 bridgehead atoms. The van der Waals surface area contributed by atoms with E-state index in [9.17, 15) is 23.2 Å². The zero-order chi connectivity index (χ0) is 30.6. The number of carbonyl (C=O) groups is 2. The smallest absolute Gasteiger partial charge is 0.274 e. The van der Waals surface area contributed by atoms with Crippen LogP contribution in [0.2, 0.25) is 0 Å². The second kappa shape index (κ2) is 10.8. The molecule has 2 aromatic carbocycles. The number of nitrogens with zero attached hydrogens (tertiary/aromatic N) is 3. The van der Waals surface area contributed by atoms with Gasteiger partial charge in [0.2, 0.25) is 5.43 Å². The minimum atomic E-state index is -1.63. The van der Waals surface area contributed by atoms with Crippen molar-refractivity contribution in [1.29, 1.82) is 0 Å². The molecule has 3 aromatic rings. The van der Waals surface area contributed by atoms with Crippen molar-refractivity contribution in [2.75, 3.05) is 6.54 Å². The van der Waals surface area contributed by atoms with Gasteiger partial charge in [0.05, 0.1) is 18.6 Å². The molecule has 2 N–H and O–H groups in total. The fourth-order valence-electron chi connectivity index (χ4n) is 6.45. The number of primary amides is 1. The highest BCUT2D eigenvalue weighted by Gasteiger charge is 2.62. The average molecular weight is 597 g/mol. The summed E-state index contributed by atoms with van der Waals surface area (Å²) in [5, 5.41) is 1.34. The molecule has 12 heteroatoms. The molecule has 2 amide bonds. The van der Waals surface area contributed by atoms with Gasteiger partial charge in [-0.15, -0.1) is 0 Å². The van der Waals surface area contributed by atoms with E-state index in [0.717, 1.165) is 17.7 Å². The average Bonchev–Trinajstić information content (AvgIpc) is 3.13. The molecule has 226 valence electrons. The molecule has 1 aromatic heterocycles. The molecule has 43 heavy (non-hydrogen) atoms. The molecule has 3 aliphatic rings. The minimum Gasteiger partial charge on any atom is -0.483 e. The SMILES string of the molecule is CC1C(F)[C@@]2(CC[C@H](C)N3C[C@H]2n2cc(C(N)=O)c(=O)c(OCc4ccccc4)c2C3=O)ON1Cc1ccc(F)cc1F. The second-order valence-electron chi connectivity index (χ2n) is 11.5. The Balaban J connectivity index is 1.47. The number of ether oxygens (including phenoxy) is 1. The van der Waals surface area contributed by atoms with Crippen molar-refractivity contribution in [2.24, 2.45) is 5.73 Å². The number of hydrogen-bond acceptors (Lipinski definition) is 6.